The highest BCUT2D eigenvalue weighted by atomic mass is 19.4. The highest BCUT2D eigenvalue weighted by Gasteiger charge is 2.54. The number of piperidine rings is 2. The fourth-order valence-electron chi connectivity index (χ4n) is 3.45. The van der Waals surface area contributed by atoms with Gasteiger partial charge in [-0.1, -0.05) is 6.07 Å². The molecular formula is C17H24F3N3O. The topological polar surface area (TPSA) is 39.6 Å². The molecule has 0 aromatic carbocycles. The number of likely N-dealkylation sites (tertiary alicyclic amines) is 1. The summed E-state index contributed by atoms with van der Waals surface area (Å²) < 4.78 is 38.6. The van der Waals surface area contributed by atoms with Crippen LogP contribution in [0.5, 0.6) is 0 Å². The zero-order valence-electron chi connectivity index (χ0n) is 13.7. The molecule has 2 aliphatic rings. The first-order chi connectivity index (χ1) is 11.4. The molecule has 0 saturated carbocycles. The summed E-state index contributed by atoms with van der Waals surface area (Å²) in [4.78, 5) is 8.88. The number of pyridine rings is 1. The highest BCUT2D eigenvalue weighted by Crippen LogP contribution is 2.38. The summed E-state index contributed by atoms with van der Waals surface area (Å²) in [5.74, 6) is 0.955. The third-order valence-corrected chi connectivity index (χ3v) is 5.07. The minimum absolute atomic E-state index is 0.228. The zero-order valence-corrected chi connectivity index (χ0v) is 13.7. The lowest BCUT2D eigenvalue weighted by molar-refractivity contribution is -0.272. The first-order valence-electron chi connectivity index (χ1n) is 8.60. The predicted molar refractivity (Wildman–Crippen MR) is 85.8 cm³/mol. The molecule has 1 aromatic rings. The third kappa shape index (κ3) is 3.83. The normalized spacial score (nSPS) is 22.6. The van der Waals surface area contributed by atoms with Crippen LogP contribution in [0.25, 0.3) is 0 Å². The van der Waals surface area contributed by atoms with Crippen molar-refractivity contribution in [2.24, 2.45) is 0 Å². The zero-order chi connectivity index (χ0) is 17.2. The second kappa shape index (κ2) is 6.88. The van der Waals surface area contributed by atoms with Crippen LogP contribution in [-0.2, 0) is 6.54 Å². The van der Waals surface area contributed by atoms with Crippen LogP contribution in [0.3, 0.4) is 0 Å². The summed E-state index contributed by atoms with van der Waals surface area (Å²) in [6.45, 7) is 3.00. The molecule has 0 spiro atoms. The quantitative estimate of drug-likeness (QED) is 0.916. The minimum Gasteiger partial charge on any atom is -0.380 e. The number of aromatic nitrogens is 1. The molecule has 3 rings (SSSR count). The number of alkyl halides is 3. The van der Waals surface area contributed by atoms with Gasteiger partial charge >= 0.3 is 6.18 Å². The number of rotatable bonds is 3. The van der Waals surface area contributed by atoms with Crippen molar-refractivity contribution in [3.05, 3.63) is 23.9 Å². The van der Waals surface area contributed by atoms with E-state index in [9.17, 15) is 18.3 Å². The van der Waals surface area contributed by atoms with Crippen molar-refractivity contribution in [3.8, 4) is 0 Å². The number of hydrogen-bond acceptors (Lipinski definition) is 4. The van der Waals surface area contributed by atoms with E-state index >= 15 is 0 Å². The number of hydrogen-bond donors (Lipinski definition) is 1. The van der Waals surface area contributed by atoms with E-state index in [0.29, 0.717) is 6.54 Å². The van der Waals surface area contributed by atoms with Gasteiger partial charge in [0.1, 0.15) is 5.82 Å². The molecule has 134 valence electrons. The van der Waals surface area contributed by atoms with Gasteiger partial charge in [0.25, 0.3) is 0 Å². The Hall–Kier alpha value is -1.34. The number of aliphatic hydroxyl groups is 1. The molecule has 4 nitrogen and oxygen atoms in total. The average Bonchev–Trinajstić information content (AvgIpc) is 2.57. The van der Waals surface area contributed by atoms with E-state index in [2.05, 4.69) is 9.88 Å². The number of anilines is 1. The lowest BCUT2D eigenvalue weighted by Crippen LogP contribution is -2.53. The maximum Gasteiger partial charge on any atom is 0.417 e. The summed E-state index contributed by atoms with van der Waals surface area (Å²) in [5.41, 5.74) is -1.66. The standard InChI is InChI=1S/C17H24F3N3O/c18-17(19,20)16(24)7-11-22(12-8-16)13-14-5-4-6-15(21-14)23-9-2-1-3-10-23/h4-6,24H,1-3,7-13H2. The molecular weight excluding hydrogens is 319 g/mol. The first kappa shape index (κ1) is 17.5. The van der Waals surface area contributed by atoms with Crippen LogP contribution < -0.4 is 4.90 Å². The van der Waals surface area contributed by atoms with E-state index < -0.39 is 11.8 Å². The lowest BCUT2D eigenvalue weighted by Gasteiger charge is -2.39. The molecule has 0 bridgehead atoms. The molecule has 1 N–H and O–H groups in total. The van der Waals surface area contributed by atoms with Gasteiger partial charge in [-0.05, 0) is 44.2 Å². The summed E-state index contributed by atoms with van der Waals surface area (Å²) >= 11 is 0. The summed E-state index contributed by atoms with van der Waals surface area (Å²) in [7, 11) is 0. The molecule has 7 heteroatoms. The maximum atomic E-state index is 12.9. The molecule has 3 heterocycles. The Balaban J connectivity index is 1.59. The smallest absolute Gasteiger partial charge is 0.380 e. The van der Waals surface area contributed by atoms with Crippen LogP contribution in [0.2, 0.25) is 0 Å². The summed E-state index contributed by atoms with van der Waals surface area (Å²) in [6.07, 6.45) is -1.50. The van der Waals surface area contributed by atoms with E-state index in [-0.39, 0.29) is 25.9 Å². The van der Waals surface area contributed by atoms with Gasteiger partial charge in [-0.25, -0.2) is 4.98 Å². The van der Waals surface area contributed by atoms with Crippen molar-refractivity contribution < 1.29 is 18.3 Å². The second-order valence-electron chi connectivity index (χ2n) is 6.84. The van der Waals surface area contributed by atoms with Crippen LogP contribution in [0, 0.1) is 0 Å². The Morgan fingerprint density at radius 1 is 1.04 bits per heavy atom. The second-order valence-corrected chi connectivity index (χ2v) is 6.84. The van der Waals surface area contributed by atoms with Gasteiger partial charge in [0.05, 0.1) is 5.69 Å². The molecule has 0 amide bonds. The molecule has 0 atom stereocenters. The van der Waals surface area contributed by atoms with Gasteiger partial charge in [0.2, 0.25) is 0 Å². The Labute approximate surface area is 140 Å². The van der Waals surface area contributed by atoms with E-state index in [4.69, 9.17) is 0 Å². The van der Waals surface area contributed by atoms with Crippen LogP contribution in [0.15, 0.2) is 18.2 Å². The van der Waals surface area contributed by atoms with Gasteiger partial charge < -0.3 is 10.0 Å². The van der Waals surface area contributed by atoms with E-state index in [0.717, 1.165) is 24.6 Å². The van der Waals surface area contributed by atoms with Gasteiger partial charge in [0, 0.05) is 32.7 Å². The van der Waals surface area contributed by atoms with E-state index in [1.165, 1.54) is 19.3 Å². The average molecular weight is 343 g/mol. The Morgan fingerprint density at radius 3 is 2.33 bits per heavy atom. The van der Waals surface area contributed by atoms with Crippen LogP contribution >= 0.6 is 0 Å². The van der Waals surface area contributed by atoms with Crippen molar-refractivity contribution in [1.82, 2.24) is 9.88 Å². The molecule has 0 aliphatic carbocycles. The summed E-state index contributed by atoms with van der Waals surface area (Å²) in [5, 5.41) is 9.73. The van der Waals surface area contributed by atoms with Crippen molar-refractivity contribution in [3.63, 3.8) is 0 Å². The molecule has 2 aliphatic heterocycles. The van der Waals surface area contributed by atoms with Crippen LogP contribution in [0.1, 0.15) is 37.8 Å². The first-order valence-corrected chi connectivity index (χ1v) is 8.60. The predicted octanol–water partition coefficient (Wildman–Crippen LogP) is 2.96. The molecule has 2 saturated heterocycles. The number of halogens is 3. The Kier molecular flexibility index (Phi) is 5.01. The molecule has 0 radical (unpaired) electrons. The lowest BCUT2D eigenvalue weighted by atomic mass is 9.91. The van der Waals surface area contributed by atoms with Gasteiger partial charge in [-0.15, -0.1) is 0 Å². The molecule has 24 heavy (non-hydrogen) atoms. The minimum atomic E-state index is -4.55. The van der Waals surface area contributed by atoms with Crippen molar-refractivity contribution in [1.29, 1.82) is 0 Å². The highest BCUT2D eigenvalue weighted by molar-refractivity contribution is 5.39. The monoisotopic (exact) mass is 343 g/mol. The Morgan fingerprint density at radius 2 is 1.71 bits per heavy atom. The maximum absolute atomic E-state index is 12.9. The number of nitrogens with zero attached hydrogens (tertiary/aromatic N) is 3. The largest absolute Gasteiger partial charge is 0.417 e. The van der Waals surface area contributed by atoms with Crippen molar-refractivity contribution in [2.45, 2.75) is 50.4 Å². The SMILES string of the molecule is OC1(C(F)(F)F)CCN(Cc2cccc(N3CCCCC3)n2)CC1. The van der Waals surface area contributed by atoms with Crippen molar-refractivity contribution in [2.75, 3.05) is 31.1 Å². The summed E-state index contributed by atoms with van der Waals surface area (Å²) in [6, 6.07) is 5.87. The van der Waals surface area contributed by atoms with Crippen LogP contribution in [0.4, 0.5) is 19.0 Å². The van der Waals surface area contributed by atoms with Gasteiger partial charge in [0.15, 0.2) is 5.60 Å². The molecule has 0 unspecified atom stereocenters. The van der Waals surface area contributed by atoms with E-state index in [1.54, 1.807) is 0 Å². The van der Waals surface area contributed by atoms with Gasteiger partial charge in [-0.2, -0.15) is 13.2 Å². The fraction of sp³-hybridized carbons (Fsp3) is 0.706. The fourth-order valence-corrected chi connectivity index (χ4v) is 3.45. The third-order valence-electron chi connectivity index (χ3n) is 5.07. The van der Waals surface area contributed by atoms with E-state index in [1.807, 2.05) is 23.1 Å². The van der Waals surface area contributed by atoms with Gasteiger partial charge in [-0.3, -0.25) is 4.90 Å². The molecule has 2 fully saturated rings. The van der Waals surface area contributed by atoms with Crippen molar-refractivity contribution >= 4 is 5.82 Å². The van der Waals surface area contributed by atoms with Crippen LogP contribution in [-0.4, -0.2) is 52.9 Å². The molecule has 1 aromatic heterocycles. The Bertz CT molecular complexity index is 550.